The Morgan fingerprint density at radius 2 is 1.52 bits per heavy atom. The fourth-order valence-electron chi connectivity index (χ4n) is 2.65. The fraction of sp³-hybridized carbons (Fsp3) is 0.0476. The van der Waals surface area contributed by atoms with Gasteiger partial charge in [0.2, 0.25) is 5.91 Å². The number of nitrogens with one attached hydrogen (secondary N) is 1. The van der Waals surface area contributed by atoms with Gasteiger partial charge in [-0.25, -0.2) is 8.42 Å². The van der Waals surface area contributed by atoms with Gasteiger partial charge in [0, 0.05) is 23.9 Å². The Labute approximate surface area is 168 Å². The molecule has 0 bridgehead atoms. The first-order valence-electron chi connectivity index (χ1n) is 8.64. The lowest BCUT2D eigenvalue weighted by atomic mass is 10.2. The first-order valence-corrected chi connectivity index (χ1v) is 10.1. The van der Waals surface area contributed by atoms with Gasteiger partial charge in [0.25, 0.3) is 15.9 Å². The maximum absolute atomic E-state index is 12.9. The maximum atomic E-state index is 12.9. The molecule has 148 valence electrons. The minimum Gasteiger partial charge on any atom is -0.366 e. The molecule has 3 aromatic rings. The van der Waals surface area contributed by atoms with E-state index in [9.17, 15) is 18.0 Å². The highest BCUT2D eigenvalue weighted by molar-refractivity contribution is 7.92. The van der Waals surface area contributed by atoms with Gasteiger partial charge in [-0.1, -0.05) is 24.3 Å². The minimum absolute atomic E-state index is 0.000537. The van der Waals surface area contributed by atoms with Crippen molar-refractivity contribution in [1.82, 2.24) is 0 Å². The zero-order valence-electron chi connectivity index (χ0n) is 15.6. The number of carbonyl (C=O) groups excluding carboxylic acids is 2. The number of benzene rings is 3. The summed E-state index contributed by atoms with van der Waals surface area (Å²) in [7, 11) is -2.38. The Bertz CT molecular complexity index is 1140. The largest absolute Gasteiger partial charge is 0.366 e. The second kappa shape index (κ2) is 8.15. The molecule has 0 aromatic heterocycles. The number of hydrogen-bond acceptors (Lipinski definition) is 4. The van der Waals surface area contributed by atoms with E-state index in [0.29, 0.717) is 16.9 Å². The second-order valence-electron chi connectivity index (χ2n) is 6.23. The van der Waals surface area contributed by atoms with Crippen LogP contribution in [0, 0.1) is 0 Å². The molecule has 0 fully saturated rings. The van der Waals surface area contributed by atoms with Crippen LogP contribution in [0.2, 0.25) is 0 Å². The van der Waals surface area contributed by atoms with Gasteiger partial charge >= 0.3 is 0 Å². The van der Waals surface area contributed by atoms with E-state index in [-0.39, 0.29) is 10.5 Å². The van der Waals surface area contributed by atoms with E-state index in [1.807, 2.05) is 0 Å². The Kier molecular flexibility index (Phi) is 5.65. The summed E-state index contributed by atoms with van der Waals surface area (Å²) in [6.07, 6.45) is 0. The lowest BCUT2D eigenvalue weighted by Crippen LogP contribution is -2.26. The van der Waals surface area contributed by atoms with Crippen LogP contribution in [0.5, 0.6) is 0 Å². The number of amides is 2. The molecule has 2 amide bonds. The van der Waals surface area contributed by atoms with Crippen LogP contribution in [0.4, 0.5) is 11.4 Å². The number of hydrogen-bond donors (Lipinski definition) is 2. The fourth-order valence-corrected chi connectivity index (χ4v) is 3.90. The van der Waals surface area contributed by atoms with Gasteiger partial charge in [-0.3, -0.25) is 13.9 Å². The summed E-state index contributed by atoms with van der Waals surface area (Å²) in [5, 5.41) is 2.66. The third kappa shape index (κ3) is 4.44. The SMILES string of the molecule is CN(c1ccccc1)S(=O)(=O)c1cccc(C(=O)Nc2ccc(C(N)=O)cc2)c1. The molecule has 0 saturated carbocycles. The topological polar surface area (TPSA) is 110 Å². The molecule has 0 saturated heterocycles. The number of para-hydroxylation sites is 1. The van der Waals surface area contributed by atoms with Crippen molar-refractivity contribution in [3.05, 3.63) is 90.0 Å². The smallest absolute Gasteiger partial charge is 0.264 e. The van der Waals surface area contributed by atoms with Gasteiger partial charge in [0.05, 0.1) is 10.6 Å². The quantitative estimate of drug-likeness (QED) is 0.652. The molecular formula is C21H19N3O4S. The first-order chi connectivity index (χ1) is 13.8. The van der Waals surface area contributed by atoms with E-state index in [0.717, 1.165) is 4.31 Å². The lowest BCUT2D eigenvalue weighted by Gasteiger charge is -2.19. The number of anilines is 2. The molecule has 0 atom stereocenters. The highest BCUT2D eigenvalue weighted by atomic mass is 32.2. The van der Waals surface area contributed by atoms with Gasteiger partial charge in [-0.2, -0.15) is 0 Å². The molecular weight excluding hydrogens is 390 g/mol. The van der Waals surface area contributed by atoms with E-state index in [2.05, 4.69) is 5.32 Å². The standard InChI is InChI=1S/C21H19N3O4S/c1-24(18-7-3-2-4-8-18)29(27,28)19-9-5-6-16(14-19)21(26)23-17-12-10-15(11-13-17)20(22)25/h2-14H,1H3,(H2,22,25)(H,23,26). The Morgan fingerprint density at radius 1 is 0.862 bits per heavy atom. The number of primary amides is 1. The zero-order valence-corrected chi connectivity index (χ0v) is 16.4. The summed E-state index contributed by atoms with van der Waals surface area (Å²) in [6.45, 7) is 0. The van der Waals surface area contributed by atoms with Crippen LogP contribution in [0.25, 0.3) is 0 Å². The van der Waals surface area contributed by atoms with Gasteiger partial charge in [-0.05, 0) is 54.6 Å². The summed E-state index contributed by atoms with van der Waals surface area (Å²) in [4.78, 5) is 23.7. The molecule has 0 heterocycles. The van der Waals surface area contributed by atoms with E-state index in [1.165, 1.54) is 43.4 Å². The van der Waals surface area contributed by atoms with Crippen LogP contribution in [0.1, 0.15) is 20.7 Å². The van der Waals surface area contributed by atoms with Crippen LogP contribution in [0.3, 0.4) is 0 Å². The Hall–Kier alpha value is -3.65. The van der Waals surface area contributed by atoms with Crippen LogP contribution in [-0.4, -0.2) is 27.3 Å². The molecule has 0 spiro atoms. The minimum atomic E-state index is -3.83. The molecule has 0 radical (unpaired) electrons. The van der Waals surface area contributed by atoms with Gasteiger partial charge in [-0.15, -0.1) is 0 Å². The van der Waals surface area contributed by atoms with Crippen LogP contribution in [-0.2, 0) is 10.0 Å². The molecule has 3 rings (SSSR count). The summed E-state index contributed by atoms with van der Waals surface area (Å²) in [5.74, 6) is -1.04. The van der Waals surface area contributed by atoms with Crippen molar-refractivity contribution in [2.24, 2.45) is 5.73 Å². The van der Waals surface area contributed by atoms with E-state index >= 15 is 0 Å². The average Bonchev–Trinajstić information content (AvgIpc) is 2.74. The first kappa shape index (κ1) is 20.1. The molecule has 29 heavy (non-hydrogen) atoms. The summed E-state index contributed by atoms with van der Waals surface area (Å²) < 4.78 is 27.0. The number of rotatable bonds is 6. The molecule has 8 heteroatoms. The Morgan fingerprint density at radius 3 is 2.14 bits per heavy atom. The third-order valence-electron chi connectivity index (χ3n) is 4.30. The second-order valence-corrected chi connectivity index (χ2v) is 8.20. The summed E-state index contributed by atoms with van der Waals surface area (Å²) >= 11 is 0. The molecule has 7 nitrogen and oxygen atoms in total. The van der Waals surface area contributed by atoms with Crippen molar-refractivity contribution < 1.29 is 18.0 Å². The average molecular weight is 409 g/mol. The monoisotopic (exact) mass is 409 g/mol. The Balaban J connectivity index is 1.83. The van der Waals surface area contributed by atoms with Gasteiger partial charge < -0.3 is 11.1 Å². The van der Waals surface area contributed by atoms with Crippen molar-refractivity contribution in [2.75, 3.05) is 16.7 Å². The van der Waals surface area contributed by atoms with Crippen molar-refractivity contribution >= 4 is 33.2 Å². The van der Waals surface area contributed by atoms with E-state index < -0.39 is 21.8 Å². The molecule has 3 aromatic carbocycles. The zero-order chi connectivity index (χ0) is 21.0. The number of carbonyl (C=O) groups is 2. The van der Waals surface area contributed by atoms with Crippen molar-refractivity contribution in [2.45, 2.75) is 4.90 Å². The summed E-state index contributed by atoms with van der Waals surface area (Å²) in [6, 6.07) is 20.5. The van der Waals surface area contributed by atoms with Crippen molar-refractivity contribution in [3.63, 3.8) is 0 Å². The normalized spacial score (nSPS) is 10.9. The van der Waals surface area contributed by atoms with Crippen LogP contribution < -0.4 is 15.4 Å². The van der Waals surface area contributed by atoms with Crippen molar-refractivity contribution in [3.8, 4) is 0 Å². The maximum Gasteiger partial charge on any atom is 0.264 e. The highest BCUT2D eigenvalue weighted by Crippen LogP contribution is 2.22. The molecule has 3 N–H and O–H groups in total. The predicted molar refractivity (Wildman–Crippen MR) is 111 cm³/mol. The highest BCUT2D eigenvalue weighted by Gasteiger charge is 2.22. The number of nitrogens with two attached hydrogens (primary N) is 1. The van der Waals surface area contributed by atoms with Crippen LogP contribution >= 0.6 is 0 Å². The third-order valence-corrected chi connectivity index (χ3v) is 6.08. The van der Waals surface area contributed by atoms with Gasteiger partial charge in [0.15, 0.2) is 0 Å². The number of sulfonamides is 1. The van der Waals surface area contributed by atoms with Crippen LogP contribution in [0.15, 0.2) is 83.8 Å². The summed E-state index contributed by atoms with van der Waals surface area (Å²) in [5.41, 5.74) is 6.66. The van der Waals surface area contributed by atoms with E-state index in [4.69, 9.17) is 5.73 Å². The van der Waals surface area contributed by atoms with E-state index in [1.54, 1.807) is 42.5 Å². The molecule has 0 aliphatic carbocycles. The molecule has 0 unspecified atom stereocenters. The molecule has 0 aliphatic rings. The van der Waals surface area contributed by atoms with Gasteiger partial charge in [0.1, 0.15) is 0 Å². The van der Waals surface area contributed by atoms with Crippen molar-refractivity contribution in [1.29, 1.82) is 0 Å². The number of nitrogens with zero attached hydrogens (tertiary/aromatic N) is 1. The molecule has 0 aliphatic heterocycles. The predicted octanol–water partition coefficient (Wildman–Crippen LogP) is 2.86. The lowest BCUT2D eigenvalue weighted by molar-refractivity contribution is 0.0998.